The van der Waals surface area contributed by atoms with Crippen molar-refractivity contribution in [3.05, 3.63) is 52.3 Å². The van der Waals surface area contributed by atoms with Crippen molar-refractivity contribution >= 4 is 23.2 Å². The van der Waals surface area contributed by atoms with Gasteiger partial charge in [-0.3, -0.25) is 4.98 Å². The molecule has 0 aliphatic carbocycles. The van der Waals surface area contributed by atoms with E-state index in [2.05, 4.69) is 4.98 Å². The van der Waals surface area contributed by atoms with Crippen LogP contribution in [0.1, 0.15) is 5.56 Å². The van der Waals surface area contributed by atoms with E-state index in [1.165, 1.54) is 12.4 Å². The molecule has 1 aromatic carbocycles. The molecule has 84 valence electrons. The molecule has 1 aromatic heterocycles. The van der Waals surface area contributed by atoms with Gasteiger partial charge >= 0.3 is 0 Å². The molecule has 0 unspecified atom stereocenters. The average Bonchev–Trinajstić information content (AvgIpc) is 2.29. The van der Waals surface area contributed by atoms with Crippen LogP contribution in [0.2, 0.25) is 10.0 Å². The van der Waals surface area contributed by atoms with Gasteiger partial charge in [0.1, 0.15) is 17.6 Å². The molecule has 2 aromatic rings. The van der Waals surface area contributed by atoms with Gasteiger partial charge < -0.3 is 4.74 Å². The Kier molecular flexibility index (Phi) is 3.48. The Morgan fingerprint density at radius 1 is 1.12 bits per heavy atom. The molecule has 5 heteroatoms. The van der Waals surface area contributed by atoms with E-state index in [1.807, 2.05) is 6.07 Å². The third-order valence-corrected chi connectivity index (χ3v) is 2.41. The molecule has 0 atom stereocenters. The fourth-order valence-electron chi connectivity index (χ4n) is 1.25. The van der Waals surface area contributed by atoms with E-state index in [9.17, 15) is 0 Å². The fourth-order valence-corrected chi connectivity index (χ4v) is 1.57. The number of nitriles is 1. The third kappa shape index (κ3) is 2.88. The zero-order chi connectivity index (χ0) is 12.3. The SMILES string of the molecule is N#Cc1ccc(Cl)cc1Oc1cncc(Cl)c1. The van der Waals surface area contributed by atoms with Crippen molar-refractivity contribution in [1.29, 1.82) is 5.26 Å². The summed E-state index contributed by atoms with van der Waals surface area (Å²) in [7, 11) is 0. The highest BCUT2D eigenvalue weighted by atomic mass is 35.5. The summed E-state index contributed by atoms with van der Waals surface area (Å²) in [6.07, 6.45) is 3.01. The predicted molar refractivity (Wildman–Crippen MR) is 65.5 cm³/mol. The monoisotopic (exact) mass is 264 g/mol. The Labute approximate surface area is 108 Å². The summed E-state index contributed by atoms with van der Waals surface area (Å²) in [5, 5.41) is 9.88. The first-order valence-corrected chi connectivity index (χ1v) is 5.42. The molecule has 1 heterocycles. The van der Waals surface area contributed by atoms with Crippen molar-refractivity contribution in [2.75, 3.05) is 0 Å². The zero-order valence-corrected chi connectivity index (χ0v) is 10.0. The summed E-state index contributed by atoms with van der Waals surface area (Å²) < 4.78 is 5.51. The Balaban J connectivity index is 2.36. The number of ether oxygens (including phenoxy) is 1. The second kappa shape index (κ2) is 5.05. The largest absolute Gasteiger partial charge is 0.454 e. The van der Waals surface area contributed by atoms with Gasteiger partial charge in [0, 0.05) is 23.4 Å². The summed E-state index contributed by atoms with van der Waals surface area (Å²) in [5.74, 6) is 0.834. The lowest BCUT2D eigenvalue weighted by Crippen LogP contribution is -1.89. The molecule has 0 saturated heterocycles. The topological polar surface area (TPSA) is 45.9 Å². The standard InChI is InChI=1S/C12H6Cl2N2O/c13-9-2-1-8(5-15)12(4-9)17-11-3-10(14)6-16-7-11/h1-4,6-7H. The van der Waals surface area contributed by atoms with Crippen LogP contribution in [0, 0.1) is 11.3 Å². The predicted octanol–water partition coefficient (Wildman–Crippen LogP) is 4.05. The Morgan fingerprint density at radius 2 is 1.94 bits per heavy atom. The molecule has 0 fully saturated rings. The first-order chi connectivity index (χ1) is 8.19. The second-order valence-corrected chi connectivity index (χ2v) is 4.07. The highest BCUT2D eigenvalue weighted by molar-refractivity contribution is 6.31. The van der Waals surface area contributed by atoms with Gasteiger partial charge in [0.25, 0.3) is 0 Å². The van der Waals surface area contributed by atoms with Gasteiger partial charge in [0.2, 0.25) is 0 Å². The Hall–Kier alpha value is -1.76. The van der Waals surface area contributed by atoms with Crippen molar-refractivity contribution < 1.29 is 4.74 Å². The van der Waals surface area contributed by atoms with Crippen LogP contribution in [0.15, 0.2) is 36.7 Å². The number of pyridine rings is 1. The maximum absolute atomic E-state index is 8.93. The minimum atomic E-state index is 0.379. The molecule has 0 spiro atoms. The molecule has 0 amide bonds. The molecule has 0 saturated carbocycles. The summed E-state index contributed by atoms with van der Waals surface area (Å²) in [6, 6.07) is 8.42. The van der Waals surface area contributed by atoms with Gasteiger partial charge in [-0.05, 0) is 12.1 Å². The molecule has 2 rings (SSSR count). The van der Waals surface area contributed by atoms with E-state index in [4.69, 9.17) is 33.2 Å². The van der Waals surface area contributed by atoms with Crippen LogP contribution in [-0.2, 0) is 0 Å². The van der Waals surface area contributed by atoms with Gasteiger partial charge in [-0.15, -0.1) is 0 Å². The first-order valence-electron chi connectivity index (χ1n) is 4.67. The molecular formula is C12H6Cl2N2O. The van der Waals surface area contributed by atoms with Crippen molar-refractivity contribution in [1.82, 2.24) is 4.98 Å². The van der Waals surface area contributed by atoms with Gasteiger partial charge in [-0.25, -0.2) is 0 Å². The molecule has 0 bridgehead atoms. The second-order valence-electron chi connectivity index (χ2n) is 3.19. The van der Waals surface area contributed by atoms with Crippen molar-refractivity contribution in [3.63, 3.8) is 0 Å². The van der Waals surface area contributed by atoms with Crippen molar-refractivity contribution in [2.24, 2.45) is 0 Å². The number of rotatable bonds is 2. The van der Waals surface area contributed by atoms with Gasteiger partial charge in [0.05, 0.1) is 16.8 Å². The van der Waals surface area contributed by atoms with Crippen LogP contribution in [0.4, 0.5) is 0 Å². The fraction of sp³-hybridized carbons (Fsp3) is 0. The van der Waals surface area contributed by atoms with E-state index < -0.39 is 0 Å². The summed E-state index contributed by atoms with van der Waals surface area (Å²) in [6.45, 7) is 0. The maximum Gasteiger partial charge on any atom is 0.147 e. The maximum atomic E-state index is 8.93. The van der Waals surface area contributed by atoms with Crippen LogP contribution in [0.25, 0.3) is 0 Å². The number of aromatic nitrogens is 1. The van der Waals surface area contributed by atoms with E-state index in [1.54, 1.807) is 24.3 Å². The normalized spacial score (nSPS) is 9.71. The van der Waals surface area contributed by atoms with Crippen LogP contribution in [0.3, 0.4) is 0 Å². The lowest BCUT2D eigenvalue weighted by atomic mass is 10.2. The van der Waals surface area contributed by atoms with Crippen molar-refractivity contribution in [2.45, 2.75) is 0 Å². The molecule has 0 aliphatic rings. The van der Waals surface area contributed by atoms with E-state index in [0.717, 1.165) is 0 Å². The molecule has 0 radical (unpaired) electrons. The van der Waals surface area contributed by atoms with Crippen LogP contribution in [0.5, 0.6) is 11.5 Å². The Bertz CT molecular complexity index is 593. The van der Waals surface area contributed by atoms with Gasteiger partial charge in [0.15, 0.2) is 0 Å². The number of hydrogen-bond acceptors (Lipinski definition) is 3. The first kappa shape index (κ1) is 11.7. The molecule has 3 nitrogen and oxygen atoms in total. The Morgan fingerprint density at radius 3 is 2.65 bits per heavy atom. The summed E-state index contributed by atoms with van der Waals surface area (Å²) >= 11 is 11.6. The number of halogens is 2. The highest BCUT2D eigenvalue weighted by Gasteiger charge is 2.06. The van der Waals surface area contributed by atoms with Gasteiger partial charge in [-0.1, -0.05) is 23.2 Å². The minimum absolute atomic E-state index is 0.379. The van der Waals surface area contributed by atoms with E-state index in [0.29, 0.717) is 27.1 Å². The lowest BCUT2D eigenvalue weighted by Gasteiger charge is -2.07. The number of nitrogens with zero attached hydrogens (tertiary/aromatic N) is 2. The van der Waals surface area contributed by atoms with Crippen LogP contribution >= 0.6 is 23.2 Å². The molecular weight excluding hydrogens is 259 g/mol. The van der Waals surface area contributed by atoms with Crippen LogP contribution in [-0.4, -0.2) is 4.98 Å². The zero-order valence-electron chi connectivity index (χ0n) is 8.52. The third-order valence-electron chi connectivity index (χ3n) is 1.97. The number of benzene rings is 1. The molecule has 0 aliphatic heterocycles. The van der Waals surface area contributed by atoms with Crippen LogP contribution < -0.4 is 4.74 Å². The quantitative estimate of drug-likeness (QED) is 0.822. The highest BCUT2D eigenvalue weighted by Crippen LogP contribution is 2.28. The summed E-state index contributed by atoms with van der Waals surface area (Å²) in [4.78, 5) is 3.89. The molecule has 17 heavy (non-hydrogen) atoms. The summed E-state index contributed by atoms with van der Waals surface area (Å²) in [5.41, 5.74) is 0.398. The van der Waals surface area contributed by atoms with E-state index >= 15 is 0 Å². The number of hydrogen-bond donors (Lipinski definition) is 0. The van der Waals surface area contributed by atoms with Crippen molar-refractivity contribution in [3.8, 4) is 17.6 Å². The average molecular weight is 265 g/mol. The minimum Gasteiger partial charge on any atom is -0.454 e. The van der Waals surface area contributed by atoms with E-state index in [-0.39, 0.29) is 0 Å². The smallest absolute Gasteiger partial charge is 0.147 e. The molecule has 0 N–H and O–H groups in total. The van der Waals surface area contributed by atoms with Gasteiger partial charge in [-0.2, -0.15) is 5.26 Å². The lowest BCUT2D eigenvalue weighted by molar-refractivity contribution is 0.479.